The van der Waals surface area contributed by atoms with Crippen molar-refractivity contribution >= 4 is 35.6 Å². The zero-order valence-electron chi connectivity index (χ0n) is 15.2. The van der Waals surface area contributed by atoms with Crippen molar-refractivity contribution in [2.24, 2.45) is 10.7 Å². The lowest BCUT2D eigenvalue weighted by Crippen LogP contribution is -2.22. The van der Waals surface area contributed by atoms with Crippen molar-refractivity contribution in [3.8, 4) is 5.88 Å². The molecule has 3 rings (SSSR count). The Balaban J connectivity index is 0.00000243. The van der Waals surface area contributed by atoms with E-state index in [-0.39, 0.29) is 24.0 Å². The fourth-order valence-corrected chi connectivity index (χ4v) is 2.99. The molecule has 0 saturated heterocycles. The molecule has 0 amide bonds. The fraction of sp³-hybridized carbons (Fsp3) is 0.400. The summed E-state index contributed by atoms with van der Waals surface area (Å²) >= 11 is 0. The first kappa shape index (κ1) is 20.5. The minimum absolute atomic E-state index is 0. The number of fused-ring (bicyclic) bond motifs is 1. The molecule has 0 spiro atoms. The molecule has 0 fully saturated rings. The molecule has 0 saturated carbocycles. The maximum absolute atomic E-state index is 6.05. The van der Waals surface area contributed by atoms with Crippen molar-refractivity contribution in [3.63, 3.8) is 0 Å². The van der Waals surface area contributed by atoms with Crippen molar-refractivity contribution in [2.45, 2.75) is 45.6 Å². The molecule has 0 radical (unpaired) electrons. The molecule has 1 aromatic carbocycles. The monoisotopic (exact) mass is 466 g/mol. The van der Waals surface area contributed by atoms with Gasteiger partial charge >= 0.3 is 0 Å². The molecule has 1 aliphatic carbocycles. The molecule has 0 bridgehead atoms. The number of hydrogen-bond donors (Lipinski definition) is 2. The summed E-state index contributed by atoms with van der Waals surface area (Å²) in [5, 5.41) is 3.18. The standard InChI is InChI=1S/C20H26N4O.HI/c1-2-3-12-25-19-17(8-5-11-22-19)14-23-20(21)24-18-10-9-15-6-4-7-16(15)13-18;/h5,8-11,13H,2-4,6-7,12,14H2,1H3,(H3,21,23,24);1H. The highest BCUT2D eigenvalue weighted by molar-refractivity contribution is 14.0. The van der Waals surface area contributed by atoms with Crippen LogP contribution in [0.3, 0.4) is 0 Å². The summed E-state index contributed by atoms with van der Waals surface area (Å²) in [6.45, 7) is 3.25. The molecular weight excluding hydrogens is 439 g/mol. The number of hydrogen-bond acceptors (Lipinski definition) is 3. The minimum atomic E-state index is 0. The SMILES string of the molecule is CCCCOc1ncccc1CN=C(N)Nc1ccc2c(c1)CCC2.I. The molecule has 1 heterocycles. The molecule has 0 aliphatic heterocycles. The average molecular weight is 466 g/mol. The van der Waals surface area contributed by atoms with Crippen LogP contribution >= 0.6 is 24.0 Å². The van der Waals surface area contributed by atoms with Crippen LogP contribution in [-0.4, -0.2) is 17.6 Å². The third kappa shape index (κ3) is 5.59. The van der Waals surface area contributed by atoms with Gasteiger partial charge < -0.3 is 15.8 Å². The number of ether oxygens (including phenoxy) is 1. The Bertz CT molecular complexity index is 748. The Morgan fingerprint density at radius 3 is 2.96 bits per heavy atom. The normalized spacial score (nSPS) is 13.0. The van der Waals surface area contributed by atoms with Gasteiger partial charge in [0.15, 0.2) is 5.96 Å². The maximum atomic E-state index is 6.05. The third-order valence-electron chi connectivity index (χ3n) is 4.38. The average Bonchev–Trinajstić information content (AvgIpc) is 3.09. The molecule has 6 heteroatoms. The molecule has 2 aromatic rings. The van der Waals surface area contributed by atoms with Crippen LogP contribution in [0.15, 0.2) is 41.5 Å². The molecular formula is C20H27IN4O. The second-order valence-electron chi connectivity index (χ2n) is 6.33. The van der Waals surface area contributed by atoms with Gasteiger partial charge in [0.25, 0.3) is 0 Å². The number of benzene rings is 1. The van der Waals surface area contributed by atoms with Gasteiger partial charge in [-0.1, -0.05) is 25.5 Å². The van der Waals surface area contributed by atoms with Crippen molar-refractivity contribution < 1.29 is 4.74 Å². The minimum Gasteiger partial charge on any atom is -0.477 e. The zero-order valence-corrected chi connectivity index (χ0v) is 17.5. The van der Waals surface area contributed by atoms with E-state index < -0.39 is 0 Å². The number of halogens is 1. The van der Waals surface area contributed by atoms with Gasteiger partial charge in [0, 0.05) is 17.4 Å². The highest BCUT2D eigenvalue weighted by Gasteiger charge is 2.11. The first-order chi connectivity index (χ1) is 12.3. The molecule has 1 aliphatic rings. The number of nitrogens with zero attached hydrogens (tertiary/aromatic N) is 2. The van der Waals surface area contributed by atoms with Crippen molar-refractivity contribution in [1.82, 2.24) is 4.98 Å². The Morgan fingerprint density at radius 2 is 2.12 bits per heavy atom. The first-order valence-electron chi connectivity index (χ1n) is 9.01. The van der Waals surface area contributed by atoms with Gasteiger partial charge in [-0.15, -0.1) is 24.0 Å². The number of guanidine groups is 1. The summed E-state index contributed by atoms with van der Waals surface area (Å²) in [4.78, 5) is 8.73. The molecule has 0 unspecified atom stereocenters. The highest BCUT2D eigenvalue weighted by Crippen LogP contribution is 2.24. The summed E-state index contributed by atoms with van der Waals surface area (Å²) in [6.07, 6.45) is 7.42. The van der Waals surface area contributed by atoms with E-state index in [1.54, 1.807) is 6.20 Å². The number of aliphatic imine (C=N–C) groups is 1. The number of nitrogens with one attached hydrogen (secondary N) is 1. The number of anilines is 1. The quantitative estimate of drug-likeness (QED) is 0.276. The Kier molecular flexibility index (Phi) is 8.15. The van der Waals surface area contributed by atoms with Crippen molar-refractivity contribution in [3.05, 3.63) is 53.2 Å². The molecule has 3 N–H and O–H groups in total. The van der Waals surface area contributed by atoms with Crippen molar-refractivity contribution in [1.29, 1.82) is 0 Å². The van der Waals surface area contributed by atoms with E-state index in [0.29, 0.717) is 25.0 Å². The summed E-state index contributed by atoms with van der Waals surface area (Å²) in [7, 11) is 0. The largest absolute Gasteiger partial charge is 0.477 e. The van der Waals surface area contributed by atoms with E-state index in [4.69, 9.17) is 10.5 Å². The maximum Gasteiger partial charge on any atom is 0.218 e. The number of aryl methyl sites for hydroxylation is 2. The summed E-state index contributed by atoms with van der Waals surface area (Å²) in [6, 6.07) is 10.3. The van der Waals surface area contributed by atoms with Gasteiger partial charge in [-0.05, 0) is 55.0 Å². The van der Waals surface area contributed by atoms with Crippen LogP contribution in [0.5, 0.6) is 5.88 Å². The van der Waals surface area contributed by atoms with Gasteiger partial charge in [0.1, 0.15) is 0 Å². The van der Waals surface area contributed by atoms with Crippen molar-refractivity contribution in [2.75, 3.05) is 11.9 Å². The van der Waals surface area contributed by atoms with E-state index in [1.165, 1.54) is 24.0 Å². The Hall–Kier alpha value is -1.83. The fourth-order valence-electron chi connectivity index (χ4n) is 2.99. The first-order valence-corrected chi connectivity index (χ1v) is 9.01. The Morgan fingerprint density at radius 1 is 1.27 bits per heavy atom. The third-order valence-corrected chi connectivity index (χ3v) is 4.38. The van der Waals surface area contributed by atoms with E-state index in [1.807, 2.05) is 12.1 Å². The molecule has 1 aromatic heterocycles. The van der Waals surface area contributed by atoms with E-state index in [0.717, 1.165) is 30.5 Å². The van der Waals surface area contributed by atoms with E-state index >= 15 is 0 Å². The van der Waals surface area contributed by atoms with E-state index in [2.05, 4.69) is 40.4 Å². The second-order valence-corrected chi connectivity index (χ2v) is 6.33. The van der Waals surface area contributed by atoms with Crippen LogP contribution in [0, 0.1) is 0 Å². The van der Waals surface area contributed by atoms with Crippen LogP contribution in [0.25, 0.3) is 0 Å². The van der Waals surface area contributed by atoms with Gasteiger partial charge in [-0.3, -0.25) is 0 Å². The molecule has 26 heavy (non-hydrogen) atoms. The smallest absolute Gasteiger partial charge is 0.218 e. The number of aromatic nitrogens is 1. The number of unbranched alkanes of at least 4 members (excludes halogenated alkanes) is 1. The van der Waals surface area contributed by atoms with Gasteiger partial charge in [0.2, 0.25) is 5.88 Å². The van der Waals surface area contributed by atoms with Gasteiger partial charge in [-0.25, -0.2) is 9.98 Å². The lowest BCUT2D eigenvalue weighted by molar-refractivity contribution is 0.294. The van der Waals surface area contributed by atoms with Crippen LogP contribution in [0.4, 0.5) is 5.69 Å². The van der Waals surface area contributed by atoms with Crippen LogP contribution in [-0.2, 0) is 19.4 Å². The lowest BCUT2D eigenvalue weighted by atomic mass is 10.1. The van der Waals surface area contributed by atoms with E-state index in [9.17, 15) is 0 Å². The zero-order chi connectivity index (χ0) is 17.5. The summed E-state index contributed by atoms with van der Waals surface area (Å²) in [5.74, 6) is 1.05. The van der Waals surface area contributed by atoms with Crippen LogP contribution < -0.4 is 15.8 Å². The summed E-state index contributed by atoms with van der Waals surface area (Å²) < 4.78 is 5.74. The van der Waals surface area contributed by atoms with Crippen LogP contribution in [0.2, 0.25) is 0 Å². The molecule has 140 valence electrons. The predicted octanol–water partition coefficient (Wildman–Crippen LogP) is 4.29. The number of pyridine rings is 1. The highest BCUT2D eigenvalue weighted by atomic mass is 127. The number of nitrogens with two attached hydrogens (primary N) is 1. The van der Waals surface area contributed by atoms with Crippen LogP contribution in [0.1, 0.15) is 42.9 Å². The molecule has 0 atom stereocenters. The topological polar surface area (TPSA) is 72.5 Å². The number of rotatable bonds is 7. The molecule has 5 nitrogen and oxygen atoms in total. The lowest BCUT2D eigenvalue weighted by Gasteiger charge is -2.10. The van der Waals surface area contributed by atoms with Gasteiger partial charge in [0.05, 0.1) is 13.2 Å². The second kappa shape index (κ2) is 10.4. The Labute approximate surface area is 172 Å². The predicted molar refractivity (Wildman–Crippen MR) is 117 cm³/mol. The van der Waals surface area contributed by atoms with Gasteiger partial charge in [-0.2, -0.15) is 0 Å². The summed E-state index contributed by atoms with van der Waals surface area (Å²) in [5.41, 5.74) is 10.8.